The first-order valence-corrected chi connectivity index (χ1v) is 6.95. The lowest BCUT2D eigenvalue weighted by molar-refractivity contribution is -0.138. The van der Waals surface area contributed by atoms with Crippen LogP contribution in [0.25, 0.3) is 0 Å². The van der Waals surface area contributed by atoms with Gasteiger partial charge in [0.2, 0.25) is 0 Å². The molecule has 0 aromatic rings. The van der Waals surface area contributed by atoms with Gasteiger partial charge in [0, 0.05) is 5.60 Å². The molecule has 1 aliphatic carbocycles. The average molecular weight is 249 g/mol. The Labute approximate surface area is 111 Å². The molecule has 1 saturated heterocycles. The Balaban J connectivity index is 2.47. The van der Waals surface area contributed by atoms with Crippen LogP contribution in [0.15, 0.2) is 22.8 Å². The van der Waals surface area contributed by atoms with E-state index in [1.807, 2.05) is 13.0 Å². The summed E-state index contributed by atoms with van der Waals surface area (Å²) in [5, 5.41) is 10.1. The van der Waals surface area contributed by atoms with Crippen LogP contribution in [0.5, 0.6) is 0 Å². The van der Waals surface area contributed by atoms with Gasteiger partial charge in [-0.2, -0.15) is 6.42 Å². The Bertz CT molecular complexity index is 407. The van der Waals surface area contributed by atoms with Crippen molar-refractivity contribution < 1.29 is 9.84 Å². The quantitative estimate of drug-likeness (QED) is 0.599. The summed E-state index contributed by atoms with van der Waals surface area (Å²) in [5.74, 6) is 0. The molecule has 102 valence electrons. The fourth-order valence-electron chi connectivity index (χ4n) is 3.27. The molecule has 1 aliphatic heterocycles. The summed E-state index contributed by atoms with van der Waals surface area (Å²) in [6, 6.07) is 0. The van der Waals surface area contributed by atoms with Gasteiger partial charge in [-0.25, -0.2) is 0 Å². The van der Waals surface area contributed by atoms with E-state index < -0.39 is 6.10 Å². The van der Waals surface area contributed by atoms with Gasteiger partial charge in [0.25, 0.3) is 0 Å². The molecular weight excluding hydrogens is 224 g/mol. The summed E-state index contributed by atoms with van der Waals surface area (Å²) in [6.45, 7) is 12.5. The summed E-state index contributed by atoms with van der Waals surface area (Å²) >= 11 is 0. The third-order valence-corrected chi connectivity index (χ3v) is 4.89. The fraction of sp³-hybridized carbons (Fsp3) is 0.688. The van der Waals surface area contributed by atoms with Crippen molar-refractivity contribution in [3.8, 4) is 0 Å². The largest absolute Gasteiger partial charge is 0.385 e. The van der Waals surface area contributed by atoms with E-state index in [1.54, 1.807) is 0 Å². The molecule has 0 saturated carbocycles. The van der Waals surface area contributed by atoms with Gasteiger partial charge in [-0.05, 0) is 62.8 Å². The summed E-state index contributed by atoms with van der Waals surface area (Å²) < 4.78 is 6.50. The zero-order valence-electron chi connectivity index (χ0n) is 12.0. The maximum absolute atomic E-state index is 10.1. The number of aliphatic hydroxyl groups is 1. The van der Waals surface area contributed by atoms with Crippen molar-refractivity contribution in [2.24, 2.45) is 0 Å². The SMILES string of the molecule is [CH2-]CC1(C)CCC2=CC(O)C(C)=C(C)C2(CC)O1. The number of aliphatic hydroxyl groups excluding tert-OH is 1. The number of rotatable bonds is 2. The van der Waals surface area contributed by atoms with Gasteiger partial charge in [-0.3, -0.25) is 0 Å². The van der Waals surface area contributed by atoms with Crippen molar-refractivity contribution in [3.63, 3.8) is 0 Å². The topological polar surface area (TPSA) is 29.5 Å². The third kappa shape index (κ3) is 1.86. The number of ether oxygens (including phenoxy) is 1. The van der Waals surface area contributed by atoms with E-state index in [2.05, 4.69) is 27.7 Å². The van der Waals surface area contributed by atoms with Crippen LogP contribution in [0, 0.1) is 6.92 Å². The number of fused-ring (bicyclic) bond motifs is 1. The van der Waals surface area contributed by atoms with Crippen LogP contribution in [-0.4, -0.2) is 22.4 Å². The Morgan fingerprint density at radius 1 is 1.50 bits per heavy atom. The molecule has 0 radical (unpaired) electrons. The summed E-state index contributed by atoms with van der Waals surface area (Å²) in [4.78, 5) is 0. The predicted octanol–water partition coefficient (Wildman–Crippen LogP) is 3.57. The summed E-state index contributed by atoms with van der Waals surface area (Å²) in [6.07, 6.45) is 5.26. The van der Waals surface area contributed by atoms with E-state index in [0.29, 0.717) is 0 Å². The lowest BCUT2D eigenvalue weighted by Gasteiger charge is -2.52. The van der Waals surface area contributed by atoms with Gasteiger partial charge in [-0.15, -0.1) is 0 Å². The Kier molecular flexibility index (Phi) is 3.46. The van der Waals surface area contributed by atoms with Gasteiger partial charge in [0.1, 0.15) is 5.60 Å². The Morgan fingerprint density at radius 3 is 2.72 bits per heavy atom. The molecule has 0 amide bonds. The van der Waals surface area contributed by atoms with Crippen molar-refractivity contribution in [2.45, 2.75) is 70.7 Å². The van der Waals surface area contributed by atoms with Crippen LogP contribution in [0.4, 0.5) is 0 Å². The van der Waals surface area contributed by atoms with Crippen LogP contribution < -0.4 is 0 Å². The maximum atomic E-state index is 10.1. The highest BCUT2D eigenvalue weighted by Crippen LogP contribution is 2.49. The zero-order valence-corrected chi connectivity index (χ0v) is 12.0. The maximum Gasteiger partial charge on any atom is 0.111 e. The van der Waals surface area contributed by atoms with Gasteiger partial charge >= 0.3 is 0 Å². The van der Waals surface area contributed by atoms with E-state index in [4.69, 9.17) is 4.74 Å². The molecule has 1 heterocycles. The lowest BCUT2D eigenvalue weighted by Crippen LogP contribution is -2.51. The first kappa shape index (κ1) is 13.8. The molecule has 1 N–H and O–H groups in total. The molecule has 3 unspecified atom stereocenters. The van der Waals surface area contributed by atoms with Gasteiger partial charge in [-0.1, -0.05) is 6.92 Å². The standard InChI is InChI=1S/C16H25O2/c1-6-15(5)9-8-13-10-14(17)11(3)12(4)16(13,7-2)18-15/h10,14,17H,1,6-9H2,2-5H3/q-1. The molecule has 2 heteroatoms. The van der Waals surface area contributed by atoms with Crippen LogP contribution in [0.1, 0.15) is 53.4 Å². The number of hydrogen-bond donors (Lipinski definition) is 1. The fourth-order valence-corrected chi connectivity index (χ4v) is 3.27. The molecular formula is C16H25O2-. The normalized spacial score (nSPS) is 40.6. The molecule has 2 rings (SSSR count). The molecule has 0 aromatic heterocycles. The van der Waals surface area contributed by atoms with Crippen LogP contribution in [0.3, 0.4) is 0 Å². The highest BCUT2D eigenvalue weighted by atomic mass is 16.5. The zero-order chi connectivity index (χ0) is 13.6. The second-order valence-corrected chi connectivity index (χ2v) is 5.93. The highest BCUT2D eigenvalue weighted by Gasteiger charge is 2.47. The van der Waals surface area contributed by atoms with Gasteiger partial charge < -0.3 is 16.8 Å². The summed E-state index contributed by atoms with van der Waals surface area (Å²) in [7, 11) is 0. The van der Waals surface area contributed by atoms with Gasteiger partial charge in [0.15, 0.2) is 0 Å². The smallest absolute Gasteiger partial charge is 0.111 e. The van der Waals surface area contributed by atoms with Crippen molar-refractivity contribution in [3.05, 3.63) is 29.7 Å². The van der Waals surface area contributed by atoms with E-state index in [1.165, 1.54) is 11.1 Å². The van der Waals surface area contributed by atoms with Crippen LogP contribution >= 0.6 is 0 Å². The minimum absolute atomic E-state index is 0.142. The van der Waals surface area contributed by atoms with E-state index in [0.717, 1.165) is 31.3 Å². The van der Waals surface area contributed by atoms with Crippen molar-refractivity contribution in [1.82, 2.24) is 0 Å². The molecule has 3 atom stereocenters. The van der Waals surface area contributed by atoms with E-state index in [9.17, 15) is 5.11 Å². The second-order valence-electron chi connectivity index (χ2n) is 5.93. The highest BCUT2D eigenvalue weighted by molar-refractivity contribution is 5.44. The first-order chi connectivity index (χ1) is 8.38. The molecule has 0 aromatic carbocycles. The minimum atomic E-state index is -0.438. The van der Waals surface area contributed by atoms with E-state index >= 15 is 0 Å². The number of hydrogen-bond acceptors (Lipinski definition) is 2. The Morgan fingerprint density at radius 2 is 2.17 bits per heavy atom. The predicted molar refractivity (Wildman–Crippen MR) is 74.2 cm³/mol. The lowest BCUT2D eigenvalue weighted by atomic mass is 9.70. The van der Waals surface area contributed by atoms with Crippen molar-refractivity contribution in [2.75, 3.05) is 0 Å². The second kappa shape index (κ2) is 4.50. The molecule has 2 aliphatic rings. The average Bonchev–Trinajstić information content (AvgIpc) is 2.37. The van der Waals surface area contributed by atoms with Crippen molar-refractivity contribution >= 4 is 0 Å². The Hall–Kier alpha value is -0.600. The van der Waals surface area contributed by atoms with Gasteiger partial charge in [0.05, 0.1) is 6.10 Å². The molecule has 18 heavy (non-hydrogen) atoms. The van der Waals surface area contributed by atoms with E-state index in [-0.39, 0.29) is 11.2 Å². The molecule has 1 fully saturated rings. The first-order valence-electron chi connectivity index (χ1n) is 6.95. The molecule has 0 bridgehead atoms. The van der Waals surface area contributed by atoms with Crippen LogP contribution in [-0.2, 0) is 4.74 Å². The third-order valence-electron chi connectivity index (χ3n) is 4.89. The minimum Gasteiger partial charge on any atom is -0.385 e. The van der Waals surface area contributed by atoms with Crippen LogP contribution in [0.2, 0.25) is 0 Å². The molecule has 2 nitrogen and oxygen atoms in total. The monoisotopic (exact) mass is 249 g/mol. The molecule has 0 spiro atoms. The van der Waals surface area contributed by atoms with Crippen molar-refractivity contribution in [1.29, 1.82) is 0 Å². The summed E-state index contributed by atoms with van der Waals surface area (Å²) in [5.41, 5.74) is 3.04.